The molecule has 0 aromatic heterocycles. The highest BCUT2D eigenvalue weighted by Gasteiger charge is 2.06. The molecule has 0 spiro atoms. The normalized spacial score (nSPS) is 9.83. The maximum Gasteiger partial charge on any atom is 0.160 e. The van der Waals surface area contributed by atoms with E-state index in [9.17, 15) is 4.79 Å². The van der Waals surface area contributed by atoms with Gasteiger partial charge in [-0.1, -0.05) is 0 Å². The molecule has 0 bridgehead atoms. The molecule has 0 saturated heterocycles. The Morgan fingerprint density at radius 3 is 2.67 bits per heavy atom. The number of aromatic hydroxyl groups is 1. The molecule has 1 rings (SSSR count). The van der Waals surface area contributed by atoms with Gasteiger partial charge in [-0.2, -0.15) is 0 Å². The average molecular weight is 182 g/mol. The van der Waals surface area contributed by atoms with Crippen LogP contribution in [0.4, 0.5) is 0 Å². The molecule has 0 atom stereocenters. The van der Waals surface area contributed by atoms with E-state index in [2.05, 4.69) is 0 Å². The first kappa shape index (κ1) is 9.13. The number of carbonyl (C=O) groups is 1. The summed E-state index contributed by atoms with van der Waals surface area (Å²) in [5, 5.41) is 9.13. The van der Waals surface area contributed by atoms with Crippen LogP contribution in [0.1, 0.15) is 17.3 Å². The zero-order valence-corrected chi connectivity index (χ0v) is 7.81. The number of ketones is 1. The third-order valence-corrected chi connectivity index (χ3v) is 2.34. The molecule has 12 heavy (non-hydrogen) atoms. The Morgan fingerprint density at radius 1 is 1.50 bits per heavy atom. The molecule has 1 aromatic rings. The lowest BCUT2D eigenvalue weighted by Crippen LogP contribution is -1.93. The third-order valence-electron chi connectivity index (χ3n) is 1.56. The van der Waals surface area contributed by atoms with Crippen LogP contribution in [0.5, 0.6) is 5.75 Å². The van der Waals surface area contributed by atoms with Crippen molar-refractivity contribution < 1.29 is 9.90 Å². The number of carbonyl (C=O) groups excluding carboxylic acids is 1. The van der Waals surface area contributed by atoms with E-state index in [1.807, 2.05) is 6.26 Å². The minimum atomic E-state index is 0.0272. The monoisotopic (exact) mass is 182 g/mol. The zero-order valence-electron chi connectivity index (χ0n) is 7.00. The fourth-order valence-corrected chi connectivity index (χ4v) is 1.64. The number of phenols is 1. The highest BCUT2D eigenvalue weighted by Crippen LogP contribution is 2.24. The molecular weight excluding hydrogens is 172 g/mol. The van der Waals surface area contributed by atoms with Crippen molar-refractivity contribution in [1.82, 2.24) is 0 Å². The van der Waals surface area contributed by atoms with Crippen LogP contribution in [0.3, 0.4) is 0 Å². The molecule has 0 amide bonds. The Kier molecular flexibility index (Phi) is 2.76. The van der Waals surface area contributed by atoms with E-state index in [1.165, 1.54) is 24.8 Å². The van der Waals surface area contributed by atoms with Gasteiger partial charge in [0.25, 0.3) is 0 Å². The molecule has 0 aliphatic rings. The van der Waals surface area contributed by atoms with E-state index in [0.717, 1.165) is 4.90 Å². The standard InChI is InChI=1S/C9H10O2S/c1-6(10)8-4-3-7(11)5-9(8)12-2/h3-5,11H,1-2H3. The van der Waals surface area contributed by atoms with Crippen molar-refractivity contribution in [3.63, 3.8) is 0 Å². The van der Waals surface area contributed by atoms with Crippen LogP contribution in [0.15, 0.2) is 23.1 Å². The van der Waals surface area contributed by atoms with Crippen molar-refractivity contribution in [2.45, 2.75) is 11.8 Å². The molecular formula is C9H10O2S. The molecule has 0 aliphatic carbocycles. The van der Waals surface area contributed by atoms with Crippen molar-refractivity contribution in [3.05, 3.63) is 23.8 Å². The Labute approximate surface area is 75.6 Å². The van der Waals surface area contributed by atoms with Gasteiger partial charge in [0.05, 0.1) is 0 Å². The van der Waals surface area contributed by atoms with Gasteiger partial charge in [0, 0.05) is 10.5 Å². The Balaban J connectivity index is 3.20. The number of hydrogen-bond donors (Lipinski definition) is 1. The fourth-order valence-electron chi connectivity index (χ4n) is 0.971. The summed E-state index contributed by atoms with van der Waals surface area (Å²) in [5.74, 6) is 0.226. The van der Waals surface area contributed by atoms with E-state index < -0.39 is 0 Å². The van der Waals surface area contributed by atoms with Gasteiger partial charge in [-0.05, 0) is 31.4 Å². The molecule has 1 N–H and O–H groups in total. The summed E-state index contributed by atoms with van der Waals surface area (Å²) in [7, 11) is 0. The fraction of sp³-hybridized carbons (Fsp3) is 0.222. The topological polar surface area (TPSA) is 37.3 Å². The molecule has 3 heteroatoms. The van der Waals surface area contributed by atoms with Crippen LogP contribution in [0.25, 0.3) is 0 Å². The summed E-state index contributed by atoms with van der Waals surface area (Å²) in [6.07, 6.45) is 1.88. The Morgan fingerprint density at radius 2 is 2.17 bits per heavy atom. The van der Waals surface area contributed by atoms with E-state index in [-0.39, 0.29) is 11.5 Å². The second kappa shape index (κ2) is 3.63. The summed E-state index contributed by atoms with van der Waals surface area (Å²) in [6.45, 7) is 1.52. The SMILES string of the molecule is CSc1cc(O)ccc1C(C)=O. The highest BCUT2D eigenvalue weighted by atomic mass is 32.2. The maximum absolute atomic E-state index is 11.0. The summed E-state index contributed by atoms with van der Waals surface area (Å²) < 4.78 is 0. The lowest BCUT2D eigenvalue weighted by atomic mass is 10.1. The second-order valence-electron chi connectivity index (χ2n) is 2.44. The van der Waals surface area contributed by atoms with Crippen LogP contribution >= 0.6 is 11.8 Å². The van der Waals surface area contributed by atoms with Crippen LogP contribution < -0.4 is 0 Å². The third kappa shape index (κ3) is 1.80. The number of thioether (sulfide) groups is 1. The van der Waals surface area contributed by atoms with Crippen molar-refractivity contribution >= 4 is 17.5 Å². The van der Waals surface area contributed by atoms with E-state index in [4.69, 9.17) is 5.11 Å². The van der Waals surface area contributed by atoms with Crippen LogP contribution in [-0.4, -0.2) is 17.1 Å². The minimum absolute atomic E-state index is 0.0272. The first-order valence-corrected chi connectivity index (χ1v) is 4.75. The van der Waals surface area contributed by atoms with Crippen LogP contribution in [-0.2, 0) is 0 Å². The maximum atomic E-state index is 11.0. The summed E-state index contributed by atoms with van der Waals surface area (Å²) in [6, 6.07) is 4.77. The predicted octanol–water partition coefficient (Wildman–Crippen LogP) is 2.32. The zero-order chi connectivity index (χ0) is 9.14. The number of benzene rings is 1. The minimum Gasteiger partial charge on any atom is -0.508 e. The van der Waals surface area contributed by atoms with E-state index >= 15 is 0 Å². The number of Topliss-reactive ketones (excluding diaryl/α,β-unsaturated/α-hetero) is 1. The van der Waals surface area contributed by atoms with Gasteiger partial charge >= 0.3 is 0 Å². The molecule has 64 valence electrons. The smallest absolute Gasteiger partial charge is 0.160 e. The van der Waals surface area contributed by atoms with Gasteiger partial charge in [0.2, 0.25) is 0 Å². The van der Waals surface area contributed by atoms with Gasteiger partial charge in [0.15, 0.2) is 5.78 Å². The number of hydrogen-bond acceptors (Lipinski definition) is 3. The molecule has 0 saturated carbocycles. The largest absolute Gasteiger partial charge is 0.508 e. The lowest BCUT2D eigenvalue weighted by Gasteiger charge is -2.03. The molecule has 2 nitrogen and oxygen atoms in total. The van der Waals surface area contributed by atoms with E-state index in [0.29, 0.717) is 5.56 Å². The summed E-state index contributed by atoms with van der Waals surface area (Å²) >= 11 is 1.46. The molecule has 0 radical (unpaired) electrons. The van der Waals surface area contributed by atoms with Crippen molar-refractivity contribution in [2.75, 3.05) is 6.26 Å². The number of phenolic OH excluding ortho intramolecular Hbond substituents is 1. The van der Waals surface area contributed by atoms with Crippen molar-refractivity contribution in [1.29, 1.82) is 0 Å². The van der Waals surface area contributed by atoms with E-state index in [1.54, 1.807) is 12.1 Å². The van der Waals surface area contributed by atoms with Crippen LogP contribution in [0.2, 0.25) is 0 Å². The first-order valence-electron chi connectivity index (χ1n) is 3.53. The average Bonchev–Trinajstić information content (AvgIpc) is 2.03. The molecule has 0 unspecified atom stereocenters. The predicted molar refractivity (Wildman–Crippen MR) is 49.9 cm³/mol. The lowest BCUT2D eigenvalue weighted by molar-refractivity contribution is 0.101. The first-order chi connectivity index (χ1) is 5.65. The van der Waals surface area contributed by atoms with Gasteiger partial charge in [0.1, 0.15) is 5.75 Å². The van der Waals surface area contributed by atoms with Crippen LogP contribution in [0, 0.1) is 0 Å². The molecule has 1 aromatic carbocycles. The molecule has 0 aliphatic heterocycles. The summed E-state index contributed by atoms with van der Waals surface area (Å²) in [5.41, 5.74) is 0.667. The Bertz CT molecular complexity index is 307. The second-order valence-corrected chi connectivity index (χ2v) is 3.29. The van der Waals surface area contributed by atoms with Gasteiger partial charge in [-0.3, -0.25) is 4.79 Å². The van der Waals surface area contributed by atoms with Gasteiger partial charge < -0.3 is 5.11 Å². The Hall–Kier alpha value is -0.960. The van der Waals surface area contributed by atoms with Crippen molar-refractivity contribution in [2.24, 2.45) is 0 Å². The molecule has 0 fully saturated rings. The molecule has 0 heterocycles. The van der Waals surface area contributed by atoms with Crippen molar-refractivity contribution in [3.8, 4) is 5.75 Å². The summed E-state index contributed by atoms with van der Waals surface area (Å²) in [4.78, 5) is 11.9. The quantitative estimate of drug-likeness (QED) is 0.563. The van der Waals surface area contributed by atoms with Gasteiger partial charge in [-0.15, -0.1) is 11.8 Å². The van der Waals surface area contributed by atoms with Gasteiger partial charge in [-0.25, -0.2) is 0 Å². The highest BCUT2D eigenvalue weighted by molar-refractivity contribution is 7.98. The number of rotatable bonds is 2.